The second-order valence-corrected chi connectivity index (χ2v) is 6.16. The Morgan fingerprint density at radius 2 is 2.42 bits per heavy atom. The molecule has 0 saturated carbocycles. The minimum atomic E-state index is -0.0953. The van der Waals surface area contributed by atoms with Crippen LogP contribution in [0.1, 0.15) is 29.9 Å². The van der Waals surface area contributed by atoms with Crippen molar-refractivity contribution < 1.29 is 0 Å². The average Bonchev–Trinajstić information content (AvgIpc) is 2.89. The smallest absolute Gasteiger partial charge is 0.251 e. The SMILES string of the molecule is CCCc1cc(=O)[nH]c(SC(CN)c2ccsc2)n1. The van der Waals surface area contributed by atoms with Gasteiger partial charge in [-0.15, -0.1) is 0 Å². The van der Waals surface area contributed by atoms with E-state index in [0.717, 1.165) is 18.5 Å². The summed E-state index contributed by atoms with van der Waals surface area (Å²) in [6, 6.07) is 3.62. The molecule has 0 aromatic carbocycles. The van der Waals surface area contributed by atoms with E-state index < -0.39 is 0 Å². The quantitative estimate of drug-likeness (QED) is 0.634. The number of H-pyrrole nitrogens is 1. The van der Waals surface area contributed by atoms with E-state index in [0.29, 0.717) is 11.7 Å². The van der Waals surface area contributed by atoms with E-state index in [2.05, 4.69) is 28.3 Å². The molecule has 1 atom stereocenters. The van der Waals surface area contributed by atoms with Gasteiger partial charge < -0.3 is 10.7 Å². The molecule has 0 aliphatic carbocycles. The van der Waals surface area contributed by atoms with Crippen LogP contribution in [-0.2, 0) is 6.42 Å². The standard InChI is InChI=1S/C13H17N3OS2/c1-2-3-10-6-12(17)16-13(15-10)19-11(7-14)9-4-5-18-8-9/h4-6,8,11H,2-3,7,14H2,1H3,(H,15,16,17). The molecule has 2 heterocycles. The number of hydrogen-bond acceptors (Lipinski definition) is 5. The van der Waals surface area contributed by atoms with E-state index in [1.54, 1.807) is 17.4 Å². The van der Waals surface area contributed by atoms with E-state index in [4.69, 9.17) is 5.73 Å². The third-order valence-electron chi connectivity index (χ3n) is 2.66. The zero-order chi connectivity index (χ0) is 13.7. The van der Waals surface area contributed by atoms with Gasteiger partial charge in [-0.3, -0.25) is 4.79 Å². The van der Waals surface area contributed by atoms with Crippen LogP contribution in [0.3, 0.4) is 0 Å². The first-order valence-electron chi connectivity index (χ1n) is 6.22. The Balaban J connectivity index is 2.19. The van der Waals surface area contributed by atoms with Crippen LogP contribution < -0.4 is 11.3 Å². The Kier molecular flexibility index (Phi) is 5.18. The van der Waals surface area contributed by atoms with Gasteiger partial charge in [0.25, 0.3) is 5.56 Å². The van der Waals surface area contributed by atoms with Crippen LogP contribution in [0.15, 0.2) is 32.8 Å². The number of thiophene rings is 1. The number of nitrogens with two attached hydrogens (primary N) is 1. The van der Waals surface area contributed by atoms with Gasteiger partial charge in [0.1, 0.15) is 0 Å². The number of thioether (sulfide) groups is 1. The number of aromatic nitrogens is 2. The van der Waals surface area contributed by atoms with Crippen molar-refractivity contribution in [2.45, 2.75) is 30.2 Å². The highest BCUT2D eigenvalue weighted by atomic mass is 32.2. The summed E-state index contributed by atoms with van der Waals surface area (Å²) in [5, 5.41) is 4.89. The lowest BCUT2D eigenvalue weighted by Gasteiger charge is -2.12. The molecule has 19 heavy (non-hydrogen) atoms. The van der Waals surface area contributed by atoms with Crippen molar-refractivity contribution in [2.75, 3.05) is 6.54 Å². The molecule has 4 nitrogen and oxygen atoms in total. The van der Waals surface area contributed by atoms with Crippen molar-refractivity contribution in [1.29, 1.82) is 0 Å². The van der Waals surface area contributed by atoms with Crippen LogP contribution in [0.4, 0.5) is 0 Å². The highest BCUT2D eigenvalue weighted by Crippen LogP contribution is 2.33. The summed E-state index contributed by atoms with van der Waals surface area (Å²) in [6.45, 7) is 2.59. The molecule has 0 spiro atoms. The van der Waals surface area contributed by atoms with Crippen LogP contribution in [-0.4, -0.2) is 16.5 Å². The summed E-state index contributed by atoms with van der Waals surface area (Å²) in [7, 11) is 0. The molecule has 0 aliphatic heterocycles. The molecule has 2 aromatic rings. The van der Waals surface area contributed by atoms with Gasteiger partial charge in [0.2, 0.25) is 0 Å². The molecule has 0 amide bonds. The first kappa shape index (κ1) is 14.3. The summed E-state index contributed by atoms with van der Waals surface area (Å²) >= 11 is 3.16. The Bertz CT molecular complexity index is 566. The Morgan fingerprint density at radius 1 is 1.58 bits per heavy atom. The van der Waals surface area contributed by atoms with Crippen molar-refractivity contribution in [3.8, 4) is 0 Å². The lowest BCUT2D eigenvalue weighted by molar-refractivity contribution is 0.811. The molecule has 2 aromatic heterocycles. The third kappa shape index (κ3) is 3.92. The fraction of sp³-hybridized carbons (Fsp3) is 0.385. The molecular formula is C13H17N3OS2. The van der Waals surface area contributed by atoms with Crippen LogP contribution in [0.25, 0.3) is 0 Å². The van der Waals surface area contributed by atoms with E-state index >= 15 is 0 Å². The number of aromatic amines is 1. The Labute approximate surface area is 120 Å². The maximum absolute atomic E-state index is 11.6. The average molecular weight is 295 g/mol. The first-order chi connectivity index (χ1) is 9.22. The normalized spacial score (nSPS) is 12.5. The number of rotatable bonds is 6. The summed E-state index contributed by atoms with van der Waals surface area (Å²) < 4.78 is 0. The van der Waals surface area contributed by atoms with Crippen LogP contribution in [0, 0.1) is 0 Å². The summed E-state index contributed by atoms with van der Waals surface area (Å²) in [5.41, 5.74) is 7.74. The molecule has 1 unspecified atom stereocenters. The number of nitrogens with zero attached hydrogens (tertiary/aromatic N) is 1. The van der Waals surface area contributed by atoms with E-state index in [1.165, 1.54) is 17.3 Å². The molecular weight excluding hydrogens is 278 g/mol. The van der Waals surface area contributed by atoms with Gasteiger partial charge in [-0.05, 0) is 28.8 Å². The summed E-state index contributed by atoms with van der Waals surface area (Å²) in [4.78, 5) is 18.9. The maximum Gasteiger partial charge on any atom is 0.251 e. The lowest BCUT2D eigenvalue weighted by atomic mass is 10.2. The minimum absolute atomic E-state index is 0.0953. The first-order valence-corrected chi connectivity index (χ1v) is 8.04. The van der Waals surface area contributed by atoms with Crippen molar-refractivity contribution >= 4 is 23.1 Å². The lowest BCUT2D eigenvalue weighted by Crippen LogP contribution is -2.13. The second kappa shape index (κ2) is 6.88. The zero-order valence-electron chi connectivity index (χ0n) is 10.8. The van der Waals surface area contributed by atoms with Gasteiger partial charge in [-0.2, -0.15) is 11.3 Å². The molecule has 0 aliphatic rings. The van der Waals surface area contributed by atoms with Crippen molar-refractivity contribution in [1.82, 2.24) is 9.97 Å². The predicted octanol–water partition coefficient (Wildman–Crippen LogP) is 2.58. The number of aryl methyl sites for hydroxylation is 1. The van der Waals surface area contributed by atoms with Gasteiger partial charge >= 0.3 is 0 Å². The molecule has 0 radical (unpaired) electrons. The summed E-state index contributed by atoms with van der Waals surface area (Å²) in [6.07, 6.45) is 1.80. The fourth-order valence-electron chi connectivity index (χ4n) is 1.77. The topological polar surface area (TPSA) is 71.8 Å². The monoisotopic (exact) mass is 295 g/mol. The maximum atomic E-state index is 11.6. The molecule has 0 bridgehead atoms. The van der Waals surface area contributed by atoms with E-state index in [9.17, 15) is 4.79 Å². The van der Waals surface area contributed by atoms with Crippen LogP contribution in [0.2, 0.25) is 0 Å². The van der Waals surface area contributed by atoms with Crippen molar-refractivity contribution in [3.05, 3.63) is 44.5 Å². The molecule has 2 rings (SSSR count). The molecule has 102 valence electrons. The largest absolute Gasteiger partial charge is 0.329 e. The predicted molar refractivity (Wildman–Crippen MR) is 80.8 cm³/mol. The van der Waals surface area contributed by atoms with Gasteiger partial charge in [-0.25, -0.2) is 4.98 Å². The highest BCUT2D eigenvalue weighted by molar-refractivity contribution is 7.99. The Morgan fingerprint density at radius 3 is 3.05 bits per heavy atom. The van der Waals surface area contributed by atoms with Gasteiger partial charge in [0.05, 0.1) is 5.25 Å². The van der Waals surface area contributed by atoms with Crippen molar-refractivity contribution in [2.24, 2.45) is 5.73 Å². The number of hydrogen-bond donors (Lipinski definition) is 2. The van der Waals surface area contributed by atoms with Crippen LogP contribution >= 0.6 is 23.1 Å². The van der Waals surface area contributed by atoms with Gasteiger partial charge in [0.15, 0.2) is 5.16 Å². The summed E-state index contributed by atoms with van der Waals surface area (Å²) in [5.74, 6) is 0. The molecule has 6 heteroatoms. The molecule has 0 fully saturated rings. The second-order valence-electron chi connectivity index (χ2n) is 4.19. The third-order valence-corrected chi connectivity index (χ3v) is 4.53. The zero-order valence-corrected chi connectivity index (χ0v) is 12.4. The molecule has 0 saturated heterocycles. The van der Waals surface area contributed by atoms with E-state index in [1.807, 2.05) is 5.38 Å². The van der Waals surface area contributed by atoms with Crippen molar-refractivity contribution in [3.63, 3.8) is 0 Å². The van der Waals surface area contributed by atoms with Crippen LogP contribution in [0.5, 0.6) is 0 Å². The Hall–Kier alpha value is -1.11. The van der Waals surface area contributed by atoms with Gasteiger partial charge in [0, 0.05) is 18.3 Å². The minimum Gasteiger partial charge on any atom is -0.329 e. The molecule has 3 N–H and O–H groups in total. The fourth-order valence-corrected chi connectivity index (χ4v) is 3.55. The highest BCUT2D eigenvalue weighted by Gasteiger charge is 2.14. The number of nitrogens with one attached hydrogen (secondary N) is 1. The van der Waals surface area contributed by atoms with E-state index in [-0.39, 0.29) is 10.8 Å². The van der Waals surface area contributed by atoms with Gasteiger partial charge in [-0.1, -0.05) is 25.1 Å².